The van der Waals surface area contributed by atoms with Crippen LogP contribution in [0.1, 0.15) is 39.5 Å². The molecule has 4 aromatic rings. The molecule has 0 aliphatic carbocycles. The summed E-state index contributed by atoms with van der Waals surface area (Å²) in [5, 5.41) is 5.71. The van der Waals surface area contributed by atoms with Crippen molar-refractivity contribution in [1.29, 1.82) is 0 Å². The molecule has 1 atom stereocenters. The molecule has 1 amide bonds. The third-order valence-electron chi connectivity index (χ3n) is 6.69. The smallest absolute Gasteiger partial charge is 0.259 e. The third kappa shape index (κ3) is 2.99. The van der Waals surface area contributed by atoms with Gasteiger partial charge >= 0.3 is 0 Å². The van der Waals surface area contributed by atoms with E-state index in [1.165, 1.54) is 4.90 Å². The maximum atomic E-state index is 14.2. The first kappa shape index (κ1) is 20.0. The van der Waals surface area contributed by atoms with Crippen LogP contribution in [0.25, 0.3) is 21.8 Å². The van der Waals surface area contributed by atoms with Crippen molar-refractivity contribution in [3.63, 3.8) is 0 Å². The first-order chi connectivity index (χ1) is 15.9. The molecule has 0 radical (unpaired) electrons. The van der Waals surface area contributed by atoms with Gasteiger partial charge in [0.15, 0.2) is 0 Å². The number of benzene rings is 2. The lowest BCUT2D eigenvalue weighted by atomic mass is 10.0. The minimum atomic E-state index is -0.521. The SMILES string of the molecule is Cc1cc2c(cc1C(=O)N1Cc3c(F)ccc(F)c3C1)[nH]c(=O)c1cnn(C3CCOC3)c12. The summed E-state index contributed by atoms with van der Waals surface area (Å²) in [5.41, 5.74) is 2.43. The Morgan fingerprint density at radius 2 is 1.88 bits per heavy atom. The maximum Gasteiger partial charge on any atom is 0.259 e. The molecule has 1 N–H and O–H groups in total. The highest BCUT2D eigenvalue weighted by atomic mass is 19.1. The highest BCUT2D eigenvalue weighted by molar-refractivity contribution is 6.07. The number of hydrogen-bond donors (Lipinski definition) is 1. The minimum absolute atomic E-state index is 0.000751. The second-order valence-corrected chi connectivity index (χ2v) is 8.68. The summed E-state index contributed by atoms with van der Waals surface area (Å²) < 4.78 is 35.7. The van der Waals surface area contributed by atoms with E-state index >= 15 is 0 Å². The van der Waals surface area contributed by atoms with Crippen molar-refractivity contribution in [1.82, 2.24) is 19.7 Å². The number of H-pyrrole nitrogens is 1. The van der Waals surface area contributed by atoms with Crippen molar-refractivity contribution in [3.8, 4) is 0 Å². The fraction of sp³-hybridized carbons (Fsp3) is 0.292. The Morgan fingerprint density at radius 3 is 2.55 bits per heavy atom. The number of nitrogens with zero attached hydrogens (tertiary/aromatic N) is 3. The lowest BCUT2D eigenvalue weighted by molar-refractivity contribution is 0.0749. The molecule has 2 aromatic carbocycles. The fourth-order valence-electron chi connectivity index (χ4n) is 4.95. The van der Waals surface area contributed by atoms with Crippen molar-refractivity contribution in [3.05, 3.63) is 74.7 Å². The van der Waals surface area contributed by atoms with Gasteiger partial charge in [-0.05, 0) is 43.2 Å². The van der Waals surface area contributed by atoms with Crippen molar-refractivity contribution in [2.75, 3.05) is 13.2 Å². The molecule has 7 nitrogen and oxygen atoms in total. The van der Waals surface area contributed by atoms with Gasteiger partial charge in [0.2, 0.25) is 0 Å². The first-order valence-electron chi connectivity index (χ1n) is 10.8. The van der Waals surface area contributed by atoms with Gasteiger partial charge in [-0.3, -0.25) is 14.3 Å². The number of ether oxygens (including phenoxy) is 1. The van der Waals surface area contributed by atoms with Gasteiger partial charge in [-0.15, -0.1) is 0 Å². The number of hydrogen-bond acceptors (Lipinski definition) is 4. The van der Waals surface area contributed by atoms with E-state index in [2.05, 4.69) is 10.1 Å². The molecule has 9 heteroatoms. The van der Waals surface area contributed by atoms with E-state index in [1.807, 2.05) is 17.7 Å². The van der Waals surface area contributed by atoms with E-state index < -0.39 is 11.6 Å². The van der Waals surface area contributed by atoms with Gasteiger partial charge < -0.3 is 14.6 Å². The molecule has 2 aliphatic rings. The monoisotopic (exact) mass is 450 g/mol. The molecule has 0 bridgehead atoms. The zero-order chi connectivity index (χ0) is 22.9. The molecule has 4 heterocycles. The van der Waals surface area contributed by atoms with E-state index in [9.17, 15) is 18.4 Å². The molecule has 168 valence electrons. The third-order valence-corrected chi connectivity index (χ3v) is 6.69. The van der Waals surface area contributed by atoms with Gasteiger partial charge in [-0.1, -0.05) is 0 Å². The van der Waals surface area contributed by atoms with Gasteiger partial charge in [0, 0.05) is 41.8 Å². The standard InChI is InChI=1S/C24H20F2N4O3/c1-12-6-15-21(28-23(31)16-8-27-30(22(15)16)13-4-5-33-11-13)7-14(12)24(32)29-9-17-18(10-29)20(26)3-2-19(17)25/h2-3,6-8,13H,4-5,9-11H2,1H3,(H,28,31). The molecule has 0 saturated carbocycles. The Kier molecular flexibility index (Phi) is 4.38. The van der Waals surface area contributed by atoms with Gasteiger partial charge in [0.05, 0.1) is 35.3 Å². The molecule has 0 spiro atoms. The molecule has 6 rings (SSSR count). The molecule has 1 fully saturated rings. The number of nitrogens with one attached hydrogen (secondary N) is 1. The van der Waals surface area contributed by atoms with E-state index in [-0.39, 0.29) is 41.7 Å². The van der Waals surface area contributed by atoms with Gasteiger partial charge in [0.1, 0.15) is 11.6 Å². The molecule has 1 unspecified atom stereocenters. The Bertz CT molecular complexity index is 1490. The maximum absolute atomic E-state index is 14.2. The molecule has 1 saturated heterocycles. The lowest BCUT2D eigenvalue weighted by Crippen LogP contribution is -2.26. The van der Waals surface area contributed by atoms with Gasteiger partial charge in [-0.2, -0.15) is 5.10 Å². The number of aromatic nitrogens is 3. The van der Waals surface area contributed by atoms with Crippen LogP contribution >= 0.6 is 0 Å². The van der Waals surface area contributed by atoms with E-state index in [4.69, 9.17) is 4.74 Å². The number of aromatic amines is 1. The highest BCUT2D eigenvalue weighted by Crippen LogP contribution is 2.32. The predicted molar refractivity (Wildman–Crippen MR) is 117 cm³/mol. The van der Waals surface area contributed by atoms with Crippen LogP contribution in [0.5, 0.6) is 0 Å². The summed E-state index contributed by atoms with van der Waals surface area (Å²) in [6.45, 7) is 2.99. The molecular weight excluding hydrogens is 430 g/mol. The summed E-state index contributed by atoms with van der Waals surface area (Å²) in [5.74, 6) is -1.39. The number of fused-ring (bicyclic) bond motifs is 4. The van der Waals surface area contributed by atoms with Crippen molar-refractivity contribution in [2.24, 2.45) is 0 Å². The van der Waals surface area contributed by atoms with Crippen LogP contribution < -0.4 is 5.56 Å². The summed E-state index contributed by atoms with van der Waals surface area (Å²) in [7, 11) is 0. The Labute approximate surface area is 186 Å². The van der Waals surface area contributed by atoms with Crippen LogP contribution in [-0.4, -0.2) is 38.8 Å². The predicted octanol–water partition coefficient (Wildman–Crippen LogP) is 3.58. The number of amides is 1. The van der Waals surface area contributed by atoms with Crippen LogP contribution in [0.3, 0.4) is 0 Å². The van der Waals surface area contributed by atoms with Gasteiger partial charge in [-0.25, -0.2) is 8.78 Å². The number of rotatable bonds is 2. The fourth-order valence-corrected chi connectivity index (χ4v) is 4.95. The quantitative estimate of drug-likeness (QED) is 0.506. The van der Waals surface area contributed by atoms with E-state index in [1.54, 1.807) is 12.3 Å². The largest absolute Gasteiger partial charge is 0.379 e. The second-order valence-electron chi connectivity index (χ2n) is 8.68. The normalized spacial score (nSPS) is 17.9. The van der Waals surface area contributed by atoms with Crippen LogP contribution in [0.4, 0.5) is 8.78 Å². The zero-order valence-electron chi connectivity index (χ0n) is 17.8. The average molecular weight is 450 g/mol. The Hall–Kier alpha value is -3.59. The number of halogens is 2. The number of carbonyl (C=O) groups excluding carboxylic acids is 1. The second kappa shape index (κ2) is 7.21. The molecular formula is C24H20F2N4O3. The molecule has 2 aliphatic heterocycles. The lowest BCUT2D eigenvalue weighted by Gasteiger charge is -2.18. The zero-order valence-corrected chi connectivity index (χ0v) is 17.8. The van der Waals surface area contributed by atoms with Crippen molar-refractivity contribution < 1.29 is 18.3 Å². The van der Waals surface area contributed by atoms with Crippen LogP contribution in [-0.2, 0) is 17.8 Å². The van der Waals surface area contributed by atoms with Crippen molar-refractivity contribution in [2.45, 2.75) is 32.5 Å². The number of pyridine rings is 1. The number of aryl methyl sites for hydroxylation is 1. The molecule has 33 heavy (non-hydrogen) atoms. The van der Waals surface area contributed by atoms with E-state index in [0.717, 1.165) is 23.9 Å². The Morgan fingerprint density at radius 1 is 1.15 bits per heavy atom. The molecule has 2 aromatic heterocycles. The van der Waals surface area contributed by atoms with Gasteiger partial charge in [0.25, 0.3) is 11.5 Å². The summed E-state index contributed by atoms with van der Waals surface area (Å²) >= 11 is 0. The Balaban J connectivity index is 1.45. The number of carbonyl (C=O) groups is 1. The topological polar surface area (TPSA) is 80.2 Å². The van der Waals surface area contributed by atoms with E-state index in [0.29, 0.717) is 40.8 Å². The summed E-state index contributed by atoms with van der Waals surface area (Å²) in [4.78, 5) is 30.4. The summed E-state index contributed by atoms with van der Waals surface area (Å²) in [6.07, 6.45) is 2.37. The van der Waals surface area contributed by atoms with Crippen molar-refractivity contribution >= 4 is 27.7 Å². The van der Waals surface area contributed by atoms with Crippen LogP contribution in [0.2, 0.25) is 0 Å². The van der Waals surface area contributed by atoms with Crippen LogP contribution in [0.15, 0.2) is 35.3 Å². The first-order valence-corrected chi connectivity index (χ1v) is 10.8. The average Bonchev–Trinajstić information content (AvgIpc) is 3.55. The minimum Gasteiger partial charge on any atom is -0.379 e. The summed E-state index contributed by atoms with van der Waals surface area (Å²) in [6, 6.07) is 5.71. The highest BCUT2D eigenvalue weighted by Gasteiger charge is 2.30. The van der Waals surface area contributed by atoms with Crippen LogP contribution in [0, 0.1) is 18.6 Å².